The predicted octanol–water partition coefficient (Wildman–Crippen LogP) is 2.25. The maximum absolute atomic E-state index is 12.0. The van der Waals surface area contributed by atoms with Crippen LogP contribution in [0.4, 0.5) is 0 Å². The van der Waals surface area contributed by atoms with Crippen molar-refractivity contribution in [2.24, 2.45) is 0 Å². The smallest absolute Gasteiger partial charge is 0.273 e. The molecule has 1 N–H and O–H groups in total. The fourth-order valence-electron chi connectivity index (χ4n) is 2.22. The molecule has 3 rings (SSSR count). The Balaban J connectivity index is 1.62. The van der Waals surface area contributed by atoms with Crippen LogP contribution in [0.5, 0.6) is 0 Å². The van der Waals surface area contributed by atoms with Crippen molar-refractivity contribution in [1.29, 1.82) is 0 Å². The number of amides is 1. The summed E-state index contributed by atoms with van der Waals surface area (Å²) in [5.74, 6) is 0.360. The summed E-state index contributed by atoms with van der Waals surface area (Å²) in [6, 6.07) is 11.2. The number of nitrogens with one attached hydrogen (secondary N) is 1. The van der Waals surface area contributed by atoms with Crippen LogP contribution in [0.1, 0.15) is 23.3 Å². The van der Waals surface area contributed by atoms with Gasteiger partial charge in [-0.3, -0.25) is 4.79 Å². The van der Waals surface area contributed by atoms with Crippen molar-refractivity contribution in [3.05, 3.63) is 42.1 Å². The molecule has 1 aliphatic heterocycles. The van der Waals surface area contributed by atoms with Crippen LogP contribution < -0.4 is 5.32 Å². The van der Waals surface area contributed by atoms with E-state index in [4.69, 9.17) is 9.26 Å². The SMILES string of the molecule is O=C(NC[C@@H]1CCCO1)c1cc(-c2ccccc2)on1. The van der Waals surface area contributed by atoms with E-state index >= 15 is 0 Å². The first-order chi connectivity index (χ1) is 9.83. The molecule has 1 aromatic carbocycles. The Bertz CT molecular complexity index is 574. The summed E-state index contributed by atoms with van der Waals surface area (Å²) in [7, 11) is 0. The number of hydrogen-bond donors (Lipinski definition) is 1. The van der Waals surface area contributed by atoms with Crippen molar-refractivity contribution in [3.8, 4) is 11.3 Å². The lowest BCUT2D eigenvalue weighted by Gasteiger charge is -2.09. The zero-order chi connectivity index (χ0) is 13.8. The quantitative estimate of drug-likeness (QED) is 0.927. The summed E-state index contributed by atoms with van der Waals surface area (Å²) in [6.07, 6.45) is 2.18. The molecule has 2 heterocycles. The third-order valence-electron chi connectivity index (χ3n) is 3.32. The van der Waals surface area contributed by atoms with Gasteiger partial charge in [0.15, 0.2) is 11.5 Å². The zero-order valence-corrected chi connectivity index (χ0v) is 11.0. The van der Waals surface area contributed by atoms with E-state index in [1.807, 2.05) is 30.3 Å². The molecule has 1 fully saturated rings. The Morgan fingerprint density at radius 1 is 1.35 bits per heavy atom. The van der Waals surface area contributed by atoms with Crippen molar-refractivity contribution >= 4 is 5.91 Å². The van der Waals surface area contributed by atoms with E-state index in [1.54, 1.807) is 6.07 Å². The summed E-state index contributed by atoms with van der Waals surface area (Å²) in [5.41, 5.74) is 1.19. The van der Waals surface area contributed by atoms with Crippen LogP contribution in [0.3, 0.4) is 0 Å². The van der Waals surface area contributed by atoms with Crippen LogP contribution in [-0.2, 0) is 4.74 Å². The van der Waals surface area contributed by atoms with Gasteiger partial charge in [-0.05, 0) is 12.8 Å². The normalized spacial score (nSPS) is 18.1. The van der Waals surface area contributed by atoms with Gasteiger partial charge in [0.05, 0.1) is 6.10 Å². The van der Waals surface area contributed by atoms with Crippen LogP contribution in [0.2, 0.25) is 0 Å². The maximum atomic E-state index is 12.0. The van der Waals surface area contributed by atoms with E-state index in [2.05, 4.69) is 10.5 Å². The highest BCUT2D eigenvalue weighted by Crippen LogP contribution is 2.19. The van der Waals surface area contributed by atoms with Crippen molar-refractivity contribution in [3.63, 3.8) is 0 Å². The largest absolute Gasteiger partial charge is 0.376 e. The summed E-state index contributed by atoms with van der Waals surface area (Å²) >= 11 is 0. The van der Waals surface area contributed by atoms with Crippen molar-refractivity contribution in [2.75, 3.05) is 13.2 Å². The van der Waals surface area contributed by atoms with Crippen LogP contribution in [0.15, 0.2) is 40.9 Å². The van der Waals surface area contributed by atoms with Gasteiger partial charge in [0.2, 0.25) is 0 Å². The predicted molar refractivity (Wildman–Crippen MR) is 73.2 cm³/mol. The lowest BCUT2D eigenvalue weighted by molar-refractivity contribution is 0.0850. The molecule has 20 heavy (non-hydrogen) atoms. The Hall–Kier alpha value is -2.14. The van der Waals surface area contributed by atoms with Crippen molar-refractivity contribution < 1.29 is 14.1 Å². The molecule has 5 nitrogen and oxygen atoms in total. The molecule has 0 bridgehead atoms. The molecule has 1 aliphatic rings. The Morgan fingerprint density at radius 3 is 2.95 bits per heavy atom. The number of carbonyl (C=O) groups excluding carboxylic acids is 1. The second kappa shape index (κ2) is 5.88. The number of carbonyl (C=O) groups is 1. The van der Waals surface area contributed by atoms with Gasteiger partial charge >= 0.3 is 0 Å². The van der Waals surface area contributed by atoms with Crippen LogP contribution >= 0.6 is 0 Å². The first-order valence-electron chi connectivity index (χ1n) is 6.75. The molecule has 5 heteroatoms. The second-order valence-electron chi connectivity index (χ2n) is 4.79. The first kappa shape index (κ1) is 12.9. The first-order valence-corrected chi connectivity index (χ1v) is 6.75. The highest BCUT2D eigenvalue weighted by Gasteiger charge is 2.18. The lowest BCUT2D eigenvalue weighted by Crippen LogP contribution is -2.31. The Morgan fingerprint density at radius 2 is 2.20 bits per heavy atom. The molecular formula is C15H16N2O3. The van der Waals surface area contributed by atoms with E-state index < -0.39 is 0 Å². The van der Waals surface area contributed by atoms with Crippen molar-refractivity contribution in [2.45, 2.75) is 18.9 Å². The lowest BCUT2D eigenvalue weighted by atomic mass is 10.1. The summed E-state index contributed by atoms with van der Waals surface area (Å²) in [6.45, 7) is 1.30. The number of rotatable bonds is 4. The molecule has 1 amide bonds. The Labute approximate surface area is 116 Å². The van der Waals surface area contributed by atoms with Crippen LogP contribution in [0.25, 0.3) is 11.3 Å². The minimum Gasteiger partial charge on any atom is -0.376 e. The topological polar surface area (TPSA) is 64.4 Å². The van der Waals surface area contributed by atoms with Crippen LogP contribution in [0, 0.1) is 0 Å². The highest BCUT2D eigenvalue weighted by atomic mass is 16.5. The van der Waals surface area contributed by atoms with E-state index in [1.165, 1.54) is 0 Å². The maximum Gasteiger partial charge on any atom is 0.273 e. The number of benzene rings is 1. The third kappa shape index (κ3) is 2.88. The minimum absolute atomic E-state index is 0.124. The number of ether oxygens (including phenoxy) is 1. The van der Waals surface area contributed by atoms with Crippen molar-refractivity contribution in [1.82, 2.24) is 10.5 Å². The van der Waals surface area contributed by atoms with Crippen LogP contribution in [-0.4, -0.2) is 30.3 Å². The van der Waals surface area contributed by atoms with E-state index in [0.717, 1.165) is 25.0 Å². The molecule has 104 valence electrons. The summed E-state index contributed by atoms with van der Waals surface area (Å²) < 4.78 is 10.7. The molecule has 0 radical (unpaired) electrons. The van der Waals surface area contributed by atoms with E-state index in [0.29, 0.717) is 18.0 Å². The number of aromatic nitrogens is 1. The number of nitrogens with zero attached hydrogens (tertiary/aromatic N) is 1. The molecule has 0 aliphatic carbocycles. The minimum atomic E-state index is -0.230. The summed E-state index contributed by atoms with van der Waals surface area (Å²) in [5, 5.41) is 6.63. The summed E-state index contributed by atoms with van der Waals surface area (Å²) in [4.78, 5) is 12.0. The van der Waals surface area contributed by atoms with Gasteiger partial charge in [0.1, 0.15) is 0 Å². The average molecular weight is 272 g/mol. The average Bonchev–Trinajstić information content (AvgIpc) is 3.17. The fraction of sp³-hybridized carbons (Fsp3) is 0.333. The van der Waals surface area contributed by atoms with E-state index in [9.17, 15) is 4.79 Å². The second-order valence-corrected chi connectivity index (χ2v) is 4.79. The Kier molecular flexibility index (Phi) is 3.78. The third-order valence-corrected chi connectivity index (χ3v) is 3.32. The molecule has 0 unspecified atom stereocenters. The molecule has 0 saturated carbocycles. The molecule has 0 spiro atoms. The van der Waals surface area contributed by atoms with Gasteiger partial charge in [-0.1, -0.05) is 35.5 Å². The van der Waals surface area contributed by atoms with Gasteiger partial charge in [-0.15, -0.1) is 0 Å². The fourth-order valence-corrected chi connectivity index (χ4v) is 2.22. The van der Waals surface area contributed by atoms with E-state index in [-0.39, 0.29) is 12.0 Å². The van der Waals surface area contributed by atoms with Gasteiger partial charge < -0.3 is 14.6 Å². The molecule has 1 saturated heterocycles. The molecule has 2 aromatic rings. The van der Waals surface area contributed by atoms with Gasteiger partial charge in [0, 0.05) is 24.8 Å². The monoisotopic (exact) mass is 272 g/mol. The zero-order valence-electron chi connectivity index (χ0n) is 11.0. The molecule has 1 aromatic heterocycles. The van der Waals surface area contributed by atoms with Gasteiger partial charge in [-0.2, -0.15) is 0 Å². The highest BCUT2D eigenvalue weighted by molar-refractivity contribution is 5.93. The standard InChI is InChI=1S/C15H16N2O3/c18-15(16-10-12-7-4-8-19-12)13-9-14(20-17-13)11-5-2-1-3-6-11/h1-3,5-6,9,12H,4,7-8,10H2,(H,16,18)/t12-/m0/s1. The van der Waals surface area contributed by atoms with Gasteiger partial charge in [0.25, 0.3) is 5.91 Å². The number of hydrogen-bond acceptors (Lipinski definition) is 4. The molecule has 1 atom stereocenters. The van der Waals surface area contributed by atoms with Gasteiger partial charge in [-0.25, -0.2) is 0 Å². The molecular weight excluding hydrogens is 256 g/mol.